The number of piperidine rings is 1. The monoisotopic (exact) mass is 223 g/mol. The van der Waals surface area contributed by atoms with E-state index in [0.29, 0.717) is 0 Å². The molecule has 94 valence electrons. The van der Waals surface area contributed by atoms with Gasteiger partial charge >= 0.3 is 0 Å². The lowest BCUT2D eigenvalue weighted by molar-refractivity contribution is 0.347. The molecule has 0 aromatic rings. The van der Waals surface area contributed by atoms with Crippen LogP contribution in [0.4, 0.5) is 0 Å². The highest BCUT2D eigenvalue weighted by Crippen LogP contribution is 2.18. The van der Waals surface area contributed by atoms with Crippen LogP contribution in [0.25, 0.3) is 0 Å². The molecule has 0 aromatic heterocycles. The van der Waals surface area contributed by atoms with Gasteiger partial charge in [-0.05, 0) is 64.8 Å². The minimum absolute atomic E-state index is 0.819. The fourth-order valence-electron chi connectivity index (χ4n) is 2.46. The van der Waals surface area contributed by atoms with Gasteiger partial charge in [0.2, 0.25) is 0 Å². The average molecular weight is 223 g/mol. The fraction of sp³-hybridized carbons (Fsp3) is 0.867. The maximum absolute atomic E-state index is 3.64. The minimum Gasteiger partial charge on any atom is -0.314 e. The zero-order valence-corrected chi connectivity index (χ0v) is 11.4. The van der Waals surface area contributed by atoms with Crippen molar-refractivity contribution < 1.29 is 0 Å². The second-order valence-electron chi connectivity index (χ2n) is 5.69. The van der Waals surface area contributed by atoms with Gasteiger partial charge < -0.3 is 5.32 Å². The molecule has 0 aliphatic carbocycles. The summed E-state index contributed by atoms with van der Waals surface area (Å²) >= 11 is 0. The molecule has 0 bridgehead atoms. The van der Waals surface area contributed by atoms with E-state index in [1.165, 1.54) is 57.1 Å². The number of allylic oxidation sites excluding steroid dienone is 2. The van der Waals surface area contributed by atoms with Crippen LogP contribution in [0.15, 0.2) is 11.6 Å². The lowest BCUT2D eigenvalue weighted by Crippen LogP contribution is -2.34. The predicted molar refractivity (Wildman–Crippen MR) is 72.7 cm³/mol. The van der Waals surface area contributed by atoms with Gasteiger partial charge in [0.1, 0.15) is 0 Å². The molecule has 0 unspecified atom stereocenters. The molecular formula is C15H29N. The van der Waals surface area contributed by atoms with E-state index in [2.05, 4.69) is 32.2 Å². The van der Waals surface area contributed by atoms with Crippen molar-refractivity contribution in [3.63, 3.8) is 0 Å². The number of rotatable bonds is 6. The summed E-state index contributed by atoms with van der Waals surface area (Å²) in [5.74, 6) is 0.888. The third-order valence-corrected chi connectivity index (χ3v) is 3.63. The summed E-state index contributed by atoms with van der Waals surface area (Å²) in [6.45, 7) is 8.03. The van der Waals surface area contributed by atoms with Crippen molar-refractivity contribution in [3.05, 3.63) is 11.6 Å². The molecule has 1 aliphatic heterocycles. The van der Waals surface area contributed by atoms with E-state index in [0.717, 1.165) is 12.0 Å². The van der Waals surface area contributed by atoms with Gasteiger partial charge in [0.05, 0.1) is 0 Å². The zero-order chi connectivity index (χ0) is 11.8. The molecule has 1 saturated heterocycles. The molecule has 0 amide bonds. The van der Waals surface area contributed by atoms with Crippen LogP contribution in [0.3, 0.4) is 0 Å². The van der Waals surface area contributed by atoms with Crippen LogP contribution in [-0.2, 0) is 0 Å². The van der Waals surface area contributed by atoms with Gasteiger partial charge in [0, 0.05) is 6.04 Å². The Hall–Kier alpha value is -0.300. The first kappa shape index (κ1) is 13.8. The number of nitrogens with one attached hydrogen (secondary N) is 1. The highest BCUT2D eigenvalue weighted by atomic mass is 14.9. The van der Waals surface area contributed by atoms with Crippen molar-refractivity contribution in [3.8, 4) is 0 Å². The Bertz CT molecular complexity index is 197. The molecule has 0 spiro atoms. The van der Waals surface area contributed by atoms with Crippen molar-refractivity contribution in [1.82, 2.24) is 5.32 Å². The van der Waals surface area contributed by atoms with Gasteiger partial charge in [-0.25, -0.2) is 0 Å². The topological polar surface area (TPSA) is 12.0 Å². The van der Waals surface area contributed by atoms with Crippen molar-refractivity contribution in [2.45, 2.75) is 71.8 Å². The van der Waals surface area contributed by atoms with Crippen LogP contribution >= 0.6 is 0 Å². The van der Waals surface area contributed by atoms with Crippen LogP contribution in [-0.4, -0.2) is 12.6 Å². The SMILES string of the molecule is CC(C)=CCC[C@@H](C)CC[C@H]1CCCCN1. The van der Waals surface area contributed by atoms with Gasteiger partial charge in [0.15, 0.2) is 0 Å². The summed E-state index contributed by atoms with van der Waals surface area (Å²) in [7, 11) is 0. The third kappa shape index (κ3) is 6.32. The van der Waals surface area contributed by atoms with E-state index < -0.39 is 0 Å². The quantitative estimate of drug-likeness (QED) is 0.662. The van der Waals surface area contributed by atoms with Crippen molar-refractivity contribution in [2.75, 3.05) is 6.54 Å². The average Bonchev–Trinajstić information content (AvgIpc) is 2.27. The lowest BCUT2D eigenvalue weighted by atomic mass is 9.93. The third-order valence-electron chi connectivity index (χ3n) is 3.63. The molecular weight excluding hydrogens is 194 g/mol. The molecule has 0 saturated carbocycles. The summed E-state index contributed by atoms with van der Waals surface area (Å²) in [5, 5.41) is 3.64. The standard InChI is InChI=1S/C15H29N/c1-13(2)7-6-8-14(3)10-11-15-9-4-5-12-16-15/h7,14-16H,4-6,8-12H2,1-3H3/t14-,15-/m1/s1. The molecule has 2 atom stereocenters. The van der Waals surface area contributed by atoms with E-state index in [1.807, 2.05) is 0 Å². The summed E-state index contributed by atoms with van der Waals surface area (Å²) in [6, 6.07) is 0.819. The lowest BCUT2D eigenvalue weighted by Gasteiger charge is -2.24. The fourth-order valence-corrected chi connectivity index (χ4v) is 2.46. The second-order valence-corrected chi connectivity index (χ2v) is 5.69. The van der Waals surface area contributed by atoms with Crippen molar-refractivity contribution >= 4 is 0 Å². The smallest absolute Gasteiger partial charge is 0.00671 e. The van der Waals surface area contributed by atoms with E-state index in [4.69, 9.17) is 0 Å². The zero-order valence-electron chi connectivity index (χ0n) is 11.4. The highest BCUT2D eigenvalue weighted by molar-refractivity contribution is 4.92. The predicted octanol–water partition coefficient (Wildman–Crippen LogP) is 4.29. The summed E-state index contributed by atoms with van der Waals surface area (Å²) in [4.78, 5) is 0. The van der Waals surface area contributed by atoms with Crippen LogP contribution in [0.5, 0.6) is 0 Å². The summed E-state index contributed by atoms with van der Waals surface area (Å²) in [5.41, 5.74) is 1.46. The van der Waals surface area contributed by atoms with Gasteiger partial charge in [0.25, 0.3) is 0 Å². The van der Waals surface area contributed by atoms with Gasteiger partial charge in [-0.2, -0.15) is 0 Å². The van der Waals surface area contributed by atoms with Crippen molar-refractivity contribution in [2.24, 2.45) is 5.92 Å². The molecule has 1 fully saturated rings. The number of hydrogen-bond donors (Lipinski definition) is 1. The van der Waals surface area contributed by atoms with E-state index in [9.17, 15) is 0 Å². The second kappa shape index (κ2) is 7.89. The molecule has 1 nitrogen and oxygen atoms in total. The largest absolute Gasteiger partial charge is 0.314 e. The van der Waals surface area contributed by atoms with Crippen LogP contribution in [0.2, 0.25) is 0 Å². The first-order valence-corrected chi connectivity index (χ1v) is 7.05. The Morgan fingerprint density at radius 2 is 2.12 bits per heavy atom. The van der Waals surface area contributed by atoms with Gasteiger partial charge in [-0.15, -0.1) is 0 Å². The Kier molecular flexibility index (Phi) is 6.79. The molecule has 1 N–H and O–H groups in total. The van der Waals surface area contributed by atoms with Crippen LogP contribution in [0.1, 0.15) is 65.7 Å². The summed E-state index contributed by atoms with van der Waals surface area (Å²) < 4.78 is 0. The van der Waals surface area contributed by atoms with E-state index in [1.54, 1.807) is 0 Å². The normalized spacial score (nSPS) is 22.8. The minimum atomic E-state index is 0.819. The first-order valence-electron chi connectivity index (χ1n) is 7.05. The number of hydrogen-bond acceptors (Lipinski definition) is 1. The molecule has 0 aromatic carbocycles. The molecule has 1 rings (SSSR count). The van der Waals surface area contributed by atoms with Crippen LogP contribution < -0.4 is 5.32 Å². The Labute approximate surface area is 102 Å². The maximum Gasteiger partial charge on any atom is 0.00671 e. The highest BCUT2D eigenvalue weighted by Gasteiger charge is 2.13. The Morgan fingerprint density at radius 1 is 1.31 bits per heavy atom. The molecule has 1 heterocycles. The van der Waals surface area contributed by atoms with Crippen molar-refractivity contribution in [1.29, 1.82) is 0 Å². The molecule has 1 heteroatoms. The Morgan fingerprint density at radius 3 is 2.75 bits per heavy atom. The molecule has 16 heavy (non-hydrogen) atoms. The Balaban J connectivity index is 2.04. The van der Waals surface area contributed by atoms with E-state index in [-0.39, 0.29) is 0 Å². The maximum atomic E-state index is 3.64. The first-order chi connectivity index (χ1) is 7.68. The molecule has 0 radical (unpaired) electrons. The van der Waals surface area contributed by atoms with E-state index >= 15 is 0 Å². The molecule has 1 aliphatic rings. The van der Waals surface area contributed by atoms with Gasteiger partial charge in [-0.1, -0.05) is 25.0 Å². The van der Waals surface area contributed by atoms with Gasteiger partial charge in [-0.3, -0.25) is 0 Å². The van der Waals surface area contributed by atoms with Crippen LogP contribution in [0, 0.1) is 5.92 Å². The summed E-state index contributed by atoms with van der Waals surface area (Å²) in [6.07, 6.45) is 12.0.